The van der Waals surface area contributed by atoms with Gasteiger partial charge in [-0.2, -0.15) is 0 Å². The molecule has 0 aliphatic rings. The van der Waals surface area contributed by atoms with E-state index in [0.29, 0.717) is 10.0 Å². The Morgan fingerprint density at radius 1 is 1.75 bits per heavy atom. The Labute approximate surface area is 77.7 Å². The van der Waals surface area contributed by atoms with Crippen molar-refractivity contribution in [2.24, 2.45) is 0 Å². The van der Waals surface area contributed by atoms with E-state index in [1.165, 1.54) is 11.7 Å². The molecule has 0 atom stereocenters. The number of aromatic nitrogens is 1. The van der Waals surface area contributed by atoms with E-state index in [2.05, 4.69) is 20.9 Å². The van der Waals surface area contributed by atoms with Gasteiger partial charge in [0, 0.05) is 16.4 Å². The molecular weight excluding hydrogens is 224 g/mol. The molecule has 0 radical (unpaired) electrons. The number of carbonyl (C=O) groups is 1. The first-order valence-corrected chi connectivity index (χ1v) is 4.01. The highest BCUT2D eigenvalue weighted by molar-refractivity contribution is 9.10. The molecule has 0 saturated heterocycles. The largest absolute Gasteiger partial charge is 0.288 e. The van der Waals surface area contributed by atoms with Gasteiger partial charge in [-0.25, -0.2) is 5.48 Å². The molecule has 0 bridgehead atoms. The van der Waals surface area contributed by atoms with Crippen molar-refractivity contribution in [3.63, 3.8) is 0 Å². The van der Waals surface area contributed by atoms with E-state index in [9.17, 15) is 4.79 Å². The van der Waals surface area contributed by atoms with E-state index in [4.69, 9.17) is 5.21 Å². The second-order valence-electron chi connectivity index (χ2n) is 2.25. The van der Waals surface area contributed by atoms with Crippen LogP contribution in [0.4, 0.5) is 0 Å². The smallest absolute Gasteiger partial charge is 0.277 e. The van der Waals surface area contributed by atoms with Crippen LogP contribution in [0.25, 0.3) is 0 Å². The maximum absolute atomic E-state index is 10.9. The van der Waals surface area contributed by atoms with Crippen molar-refractivity contribution >= 4 is 21.8 Å². The molecule has 5 heteroatoms. The highest BCUT2D eigenvalue weighted by Crippen LogP contribution is 2.15. The van der Waals surface area contributed by atoms with Crippen LogP contribution in [-0.4, -0.2) is 16.1 Å². The Balaban J connectivity index is 3.09. The number of halogens is 1. The van der Waals surface area contributed by atoms with Crippen molar-refractivity contribution in [3.8, 4) is 0 Å². The number of nitrogens with one attached hydrogen (secondary N) is 1. The number of rotatable bonds is 1. The molecule has 0 spiro atoms. The number of hydrogen-bond donors (Lipinski definition) is 2. The summed E-state index contributed by atoms with van der Waals surface area (Å²) in [6, 6.07) is 1.70. The number of hydroxylamine groups is 1. The van der Waals surface area contributed by atoms with E-state index in [-0.39, 0.29) is 0 Å². The lowest BCUT2D eigenvalue weighted by Gasteiger charge is -2.01. The normalized spacial score (nSPS) is 9.58. The molecule has 4 nitrogen and oxygen atoms in total. The minimum Gasteiger partial charge on any atom is -0.288 e. The molecular formula is C7H7BrN2O2. The maximum Gasteiger partial charge on any atom is 0.277 e. The van der Waals surface area contributed by atoms with Gasteiger partial charge in [0.15, 0.2) is 0 Å². The molecule has 0 aliphatic carbocycles. The Kier molecular flexibility index (Phi) is 2.78. The predicted octanol–water partition coefficient (Wildman–Crippen LogP) is 1.27. The molecule has 12 heavy (non-hydrogen) atoms. The van der Waals surface area contributed by atoms with Crippen LogP contribution >= 0.6 is 15.9 Å². The van der Waals surface area contributed by atoms with Crippen LogP contribution in [0.2, 0.25) is 0 Å². The third-order valence-electron chi connectivity index (χ3n) is 1.34. The first kappa shape index (κ1) is 9.15. The third kappa shape index (κ3) is 1.80. The van der Waals surface area contributed by atoms with E-state index in [1.54, 1.807) is 6.07 Å². The molecule has 1 aromatic heterocycles. The average Bonchev–Trinajstić information content (AvgIpc) is 2.03. The average molecular weight is 231 g/mol. The molecule has 2 N–H and O–H groups in total. The van der Waals surface area contributed by atoms with Gasteiger partial charge in [0.2, 0.25) is 0 Å². The van der Waals surface area contributed by atoms with Crippen LogP contribution in [-0.2, 0) is 0 Å². The second-order valence-corrected chi connectivity index (χ2v) is 3.10. The molecule has 1 amide bonds. The topological polar surface area (TPSA) is 62.2 Å². The first-order chi connectivity index (χ1) is 5.65. The predicted molar refractivity (Wildman–Crippen MR) is 45.9 cm³/mol. The van der Waals surface area contributed by atoms with Crippen LogP contribution in [0.3, 0.4) is 0 Å². The quantitative estimate of drug-likeness (QED) is 0.565. The Bertz CT molecular complexity index is 314. The monoisotopic (exact) mass is 230 g/mol. The zero-order valence-electron chi connectivity index (χ0n) is 6.34. The Morgan fingerprint density at radius 3 is 2.92 bits per heavy atom. The van der Waals surface area contributed by atoms with E-state index in [1.807, 2.05) is 6.92 Å². The number of nitrogens with zero attached hydrogens (tertiary/aromatic N) is 1. The lowest BCUT2D eigenvalue weighted by atomic mass is 10.2. The van der Waals surface area contributed by atoms with Crippen molar-refractivity contribution in [2.75, 3.05) is 0 Å². The summed E-state index contributed by atoms with van der Waals surface area (Å²) in [7, 11) is 0. The molecule has 64 valence electrons. The molecule has 0 unspecified atom stereocenters. The van der Waals surface area contributed by atoms with E-state index < -0.39 is 5.91 Å². The fraction of sp³-hybridized carbons (Fsp3) is 0.143. The van der Waals surface area contributed by atoms with Gasteiger partial charge < -0.3 is 0 Å². The molecule has 1 aromatic rings. The molecule has 0 aromatic carbocycles. The van der Waals surface area contributed by atoms with Crippen molar-refractivity contribution in [1.29, 1.82) is 0 Å². The van der Waals surface area contributed by atoms with Crippen LogP contribution in [0.15, 0.2) is 16.7 Å². The van der Waals surface area contributed by atoms with Gasteiger partial charge in [0.05, 0.1) is 5.56 Å². The summed E-state index contributed by atoms with van der Waals surface area (Å²) >= 11 is 3.18. The minimum absolute atomic E-state index is 0.308. The summed E-state index contributed by atoms with van der Waals surface area (Å²) < 4.78 is 0.613. The standard InChI is InChI=1S/C7H7BrN2O2/c1-4-2-6(8)5(3-9-4)7(11)10-12/h2-3,12H,1H3,(H,10,11). The highest BCUT2D eigenvalue weighted by atomic mass is 79.9. The summed E-state index contributed by atoms with van der Waals surface area (Å²) in [5.74, 6) is -0.575. The number of carbonyl (C=O) groups excluding carboxylic acids is 1. The van der Waals surface area contributed by atoms with Gasteiger partial charge in [0.1, 0.15) is 0 Å². The summed E-state index contributed by atoms with van der Waals surface area (Å²) in [6.45, 7) is 1.81. The number of amides is 1. The summed E-state index contributed by atoms with van der Waals surface area (Å²) in [5, 5.41) is 8.33. The van der Waals surface area contributed by atoms with E-state index >= 15 is 0 Å². The van der Waals surface area contributed by atoms with Gasteiger partial charge in [-0.15, -0.1) is 0 Å². The first-order valence-electron chi connectivity index (χ1n) is 3.21. The van der Waals surface area contributed by atoms with Gasteiger partial charge in [-0.1, -0.05) is 0 Å². The summed E-state index contributed by atoms with van der Waals surface area (Å²) in [4.78, 5) is 14.8. The molecule has 0 saturated carbocycles. The Hall–Kier alpha value is -0.940. The maximum atomic E-state index is 10.9. The summed E-state index contributed by atoms with van der Waals surface area (Å²) in [5.41, 5.74) is 2.64. The zero-order chi connectivity index (χ0) is 9.14. The summed E-state index contributed by atoms with van der Waals surface area (Å²) in [6.07, 6.45) is 1.39. The van der Waals surface area contributed by atoms with Crippen LogP contribution in [0.1, 0.15) is 16.1 Å². The van der Waals surface area contributed by atoms with Gasteiger partial charge in [0.25, 0.3) is 5.91 Å². The van der Waals surface area contributed by atoms with Crippen molar-refractivity contribution < 1.29 is 10.0 Å². The fourth-order valence-electron chi connectivity index (χ4n) is 0.754. The van der Waals surface area contributed by atoms with Gasteiger partial charge in [-0.05, 0) is 28.9 Å². The van der Waals surface area contributed by atoms with Crippen molar-refractivity contribution in [1.82, 2.24) is 10.5 Å². The number of hydrogen-bond acceptors (Lipinski definition) is 3. The van der Waals surface area contributed by atoms with Gasteiger partial charge >= 0.3 is 0 Å². The van der Waals surface area contributed by atoms with E-state index in [0.717, 1.165) is 5.69 Å². The number of aryl methyl sites for hydroxylation is 1. The lowest BCUT2D eigenvalue weighted by molar-refractivity contribution is 0.0705. The lowest BCUT2D eigenvalue weighted by Crippen LogP contribution is -2.19. The second kappa shape index (κ2) is 3.64. The Morgan fingerprint density at radius 2 is 2.42 bits per heavy atom. The minimum atomic E-state index is -0.575. The molecule has 1 rings (SSSR count). The highest BCUT2D eigenvalue weighted by Gasteiger charge is 2.08. The van der Waals surface area contributed by atoms with Crippen LogP contribution in [0.5, 0.6) is 0 Å². The van der Waals surface area contributed by atoms with Gasteiger partial charge in [-0.3, -0.25) is 15.0 Å². The molecule has 0 fully saturated rings. The number of pyridine rings is 1. The third-order valence-corrected chi connectivity index (χ3v) is 1.99. The molecule has 0 aliphatic heterocycles. The van der Waals surface area contributed by atoms with Crippen LogP contribution in [0, 0.1) is 6.92 Å². The SMILES string of the molecule is Cc1cc(Br)c(C(=O)NO)cn1. The van der Waals surface area contributed by atoms with Crippen LogP contribution < -0.4 is 5.48 Å². The van der Waals surface area contributed by atoms with Crippen molar-refractivity contribution in [2.45, 2.75) is 6.92 Å². The fourth-order valence-corrected chi connectivity index (χ4v) is 1.37. The zero-order valence-corrected chi connectivity index (χ0v) is 7.92. The van der Waals surface area contributed by atoms with Crippen molar-refractivity contribution in [3.05, 3.63) is 28.0 Å². The molecule has 1 heterocycles.